The lowest BCUT2D eigenvalue weighted by Crippen LogP contribution is -2.58. The molecule has 1 aliphatic heterocycles. The Bertz CT molecular complexity index is 466. The van der Waals surface area contributed by atoms with Gasteiger partial charge in [-0.15, -0.1) is 0 Å². The highest BCUT2D eigenvalue weighted by atomic mass is 16.8. The van der Waals surface area contributed by atoms with Gasteiger partial charge in [0.1, 0.15) is 24.4 Å². The molecule has 22 heavy (non-hydrogen) atoms. The Kier molecular flexibility index (Phi) is 6.29. The minimum atomic E-state index is -1.46. The van der Waals surface area contributed by atoms with Crippen LogP contribution in [0.5, 0.6) is 0 Å². The molecular weight excluding hydrogens is 290 g/mol. The number of aliphatic hydroxyl groups is 4. The van der Waals surface area contributed by atoms with Crippen molar-refractivity contribution in [1.82, 2.24) is 0 Å². The van der Waals surface area contributed by atoms with Gasteiger partial charge in [-0.2, -0.15) is 0 Å². The molecule has 0 bridgehead atoms. The van der Waals surface area contributed by atoms with E-state index in [4.69, 9.17) is 14.7 Å². The zero-order chi connectivity index (χ0) is 15.9. The van der Waals surface area contributed by atoms with Crippen molar-refractivity contribution >= 4 is 6.21 Å². The number of benzene rings is 1. The second-order valence-electron chi connectivity index (χ2n) is 5.11. The van der Waals surface area contributed by atoms with Crippen molar-refractivity contribution in [2.24, 2.45) is 5.16 Å². The van der Waals surface area contributed by atoms with Gasteiger partial charge in [-0.25, -0.2) is 0 Å². The molecule has 4 N–H and O–H groups in total. The average Bonchev–Trinajstić information content (AvgIpc) is 2.55. The van der Waals surface area contributed by atoms with E-state index in [-0.39, 0.29) is 0 Å². The first-order valence-corrected chi connectivity index (χ1v) is 7.15. The van der Waals surface area contributed by atoms with Gasteiger partial charge in [0.25, 0.3) is 6.29 Å². The van der Waals surface area contributed by atoms with Crippen molar-refractivity contribution < 1.29 is 30.0 Å². The molecule has 1 fully saturated rings. The number of aryl methyl sites for hydroxylation is 1. The quantitative estimate of drug-likeness (QED) is 0.413. The molecule has 1 heterocycles. The molecule has 1 aromatic rings. The van der Waals surface area contributed by atoms with Crippen molar-refractivity contribution in [3.05, 3.63) is 35.9 Å². The fraction of sp³-hybridized carbons (Fsp3) is 0.533. The van der Waals surface area contributed by atoms with Crippen LogP contribution in [0.3, 0.4) is 0 Å². The number of aliphatic hydroxyl groups excluding tert-OH is 4. The molecule has 0 spiro atoms. The third-order valence-electron chi connectivity index (χ3n) is 3.49. The van der Waals surface area contributed by atoms with Crippen molar-refractivity contribution in [2.75, 3.05) is 6.61 Å². The fourth-order valence-electron chi connectivity index (χ4n) is 2.19. The molecule has 1 aromatic carbocycles. The van der Waals surface area contributed by atoms with Crippen LogP contribution in [0.4, 0.5) is 0 Å². The fourth-order valence-corrected chi connectivity index (χ4v) is 2.19. The summed E-state index contributed by atoms with van der Waals surface area (Å²) < 4.78 is 5.15. The standard InChI is InChI=1S/C15H21NO6/c17-9-11-12(18)13(19)14(20)15(21-11)22-16-8-4-7-10-5-2-1-3-6-10/h1-3,5-6,8,11-15,17-20H,4,7,9H2/b16-8+/t11?,12?,13-,14?,15-/m0/s1. The van der Waals surface area contributed by atoms with E-state index >= 15 is 0 Å². The molecule has 7 nitrogen and oxygen atoms in total. The molecule has 0 saturated carbocycles. The molecule has 5 atom stereocenters. The van der Waals surface area contributed by atoms with Crippen LogP contribution in [-0.2, 0) is 16.0 Å². The van der Waals surface area contributed by atoms with Crippen LogP contribution in [-0.4, -0.2) is 64.0 Å². The highest BCUT2D eigenvalue weighted by Gasteiger charge is 2.44. The van der Waals surface area contributed by atoms with Crippen molar-refractivity contribution in [1.29, 1.82) is 0 Å². The Hall–Kier alpha value is -1.51. The van der Waals surface area contributed by atoms with Crippen molar-refractivity contribution in [3.8, 4) is 0 Å². The van der Waals surface area contributed by atoms with Gasteiger partial charge < -0.3 is 30.0 Å². The highest BCUT2D eigenvalue weighted by molar-refractivity contribution is 5.56. The van der Waals surface area contributed by atoms with E-state index < -0.39 is 37.3 Å². The molecule has 122 valence electrons. The lowest BCUT2D eigenvalue weighted by Gasteiger charge is -2.38. The van der Waals surface area contributed by atoms with Gasteiger partial charge >= 0.3 is 0 Å². The normalized spacial score (nSPS) is 32.3. The van der Waals surface area contributed by atoms with Gasteiger partial charge in [0.2, 0.25) is 0 Å². The molecule has 7 heteroatoms. The summed E-state index contributed by atoms with van der Waals surface area (Å²) in [6.07, 6.45) is -3.56. The molecule has 3 unspecified atom stereocenters. The van der Waals surface area contributed by atoms with E-state index in [9.17, 15) is 15.3 Å². The molecule has 0 radical (unpaired) electrons. The lowest BCUT2D eigenvalue weighted by molar-refractivity contribution is -0.301. The van der Waals surface area contributed by atoms with Gasteiger partial charge in [0, 0.05) is 6.21 Å². The first kappa shape index (κ1) is 16.9. The predicted octanol–water partition coefficient (Wildman–Crippen LogP) is -0.579. The second kappa shape index (κ2) is 8.21. The Morgan fingerprint density at radius 3 is 2.50 bits per heavy atom. The summed E-state index contributed by atoms with van der Waals surface area (Å²) >= 11 is 0. The first-order chi connectivity index (χ1) is 10.6. The maximum atomic E-state index is 9.74. The van der Waals surface area contributed by atoms with Crippen LogP contribution in [0, 0.1) is 0 Å². The van der Waals surface area contributed by atoms with Crippen LogP contribution in [0.2, 0.25) is 0 Å². The first-order valence-electron chi connectivity index (χ1n) is 7.15. The van der Waals surface area contributed by atoms with Gasteiger partial charge in [-0.1, -0.05) is 35.5 Å². The Labute approximate surface area is 128 Å². The summed E-state index contributed by atoms with van der Waals surface area (Å²) in [5.74, 6) is 0. The maximum absolute atomic E-state index is 9.74. The van der Waals surface area contributed by atoms with Crippen LogP contribution < -0.4 is 0 Å². The van der Waals surface area contributed by atoms with Crippen molar-refractivity contribution in [3.63, 3.8) is 0 Å². The van der Waals surface area contributed by atoms with Crippen LogP contribution >= 0.6 is 0 Å². The third kappa shape index (κ3) is 4.25. The Balaban J connectivity index is 1.79. The van der Waals surface area contributed by atoms with E-state index in [1.54, 1.807) is 0 Å². The summed E-state index contributed by atoms with van der Waals surface area (Å²) in [5.41, 5.74) is 1.17. The van der Waals surface area contributed by atoms with Gasteiger partial charge in [0.05, 0.1) is 6.61 Å². The highest BCUT2D eigenvalue weighted by Crippen LogP contribution is 2.21. The number of nitrogens with zero attached hydrogens (tertiary/aromatic N) is 1. The monoisotopic (exact) mass is 311 g/mol. The number of ether oxygens (including phenoxy) is 1. The Morgan fingerprint density at radius 2 is 1.82 bits per heavy atom. The Morgan fingerprint density at radius 1 is 1.09 bits per heavy atom. The zero-order valence-corrected chi connectivity index (χ0v) is 12.0. The van der Waals surface area contributed by atoms with Crippen LogP contribution in [0.15, 0.2) is 35.5 Å². The minimum Gasteiger partial charge on any atom is -0.394 e. The van der Waals surface area contributed by atoms with Gasteiger partial charge in [0.15, 0.2) is 0 Å². The summed E-state index contributed by atoms with van der Waals surface area (Å²) in [6.45, 7) is -0.497. The topological polar surface area (TPSA) is 112 Å². The van der Waals surface area contributed by atoms with Gasteiger partial charge in [-0.05, 0) is 18.4 Å². The summed E-state index contributed by atoms with van der Waals surface area (Å²) in [7, 11) is 0. The van der Waals surface area contributed by atoms with E-state index in [1.807, 2.05) is 30.3 Å². The van der Waals surface area contributed by atoms with Crippen molar-refractivity contribution in [2.45, 2.75) is 43.5 Å². The van der Waals surface area contributed by atoms with Crippen LogP contribution in [0.25, 0.3) is 0 Å². The number of hydrogen-bond donors (Lipinski definition) is 4. The number of rotatable bonds is 6. The van der Waals surface area contributed by atoms with E-state index in [2.05, 4.69) is 5.16 Å². The number of hydrogen-bond acceptors (Lipinski definition) is 7. The molecule has 1 saturated heterocycles. The largest absolute Gasteiger partial charge is 0.394 e. The lowest BCUT2D eigenvalue weighted by atomic mass is 9.99. The molecule has 0 aromatic heterocycles. The molecule has 1 aliphatic rings. The minimum absolute atomic E-state index is 0.497. The molecule has 0 aliphatic carbocycles. The molecular formula is C15H21NO6. The molecule has 2 rings (SSSR count). The number of oxime groups is 1. The zero-order valence-electron chi connectivity index (χ0n) is 12.0. The second-order valence-corrected chi connectivity index (χ2v) is 5.11. The summed E-state index contributed by atoms with van der Waals surface area (Å²) in [4.78, 5) is 5.00. The average molecular weight is 311 g/mol. The third-order valence-corrected chi connectivity index (χ3v) is 3.49. The van der Waals surface area contributed by atoms with Gasteiger partial charge in [-0.3, -0.25) is 0 Å². The van der Waals surface area contributed by atoms with E-state index in [0.29, 0.717) is 6.42 Å². The van der Waals surface area contributed by atoms with Crippen LogP contribution in [0.1, 0.15) is 12.0 Å². The smallest absolute Gasteiger partial charge is 0.256 e. The van der Waals surface area contributed by atoms with E-state index in [1.165, 1.54) is 11.8 Å². The predicted molar refractivity (Wildman–Crippen MR) is 78.1 cm³/mol. The van der Waals surface area contributed by atoms with E-state index in [0.717, 1.165) is 6.42 Å². The maximum Gasteiger partial charge on any atom is 0.256 e. The SMILES string of the molecule is OCC1O[C@@H](O/N=C/CCc2ccccc2)C(O)[C@@H](O)C1O. The summed E-state index contributed by atoms with van der Waals surface area (Å²) in [5, 5.41) is 41.7. The summed E-state index contributed by atoms with van der Waals surface area (Å²) in [6, 6.07) is 9.87. The molecule has 0 amide bonds.